The summed E-state index contributed by atoms with van der Waals surface area (Å²) < 4.78 is 10.2. The second kappa shape index (κ2) is 11.2. The van der Waals surface area contributed by atoms with Gasteiger partial charge in [0.05, 0.1) is 36.4 Å². The third-order valence-corrected chi connectivity index (χ3v) is 9.78. The molecule has 198 valence electrons. The molecule has 5 atom stereocenters. The van der Waals surface area contributed by atoms with Crippen LogP contribution in [0.15, 0.2) is 24.3 Å². The number of morpholine rings is 1. The zero-order valence-electron chi connectivity index (χ0n) is 20.8. The number of hydrogen-bond donors (Lipinski definition) is 1. The topological polar surface area (TPSA) is 99.6 Å². The van der Waals surface area contributed by atoms with Gasteiger partial charge in [-0.05, 0) is 25.7 Å². The molecule has 1 unspecified atom stereocenters. The molecule has 5 aliphatic rings. The zero-order chi connectivity index (χ0) is 25.1. The molecule has 0 bridgehead atoms. The van der Waals surface area contributed by atoms with Gasteiger partial charge in [0.15, 0.2) is 0 Å². The minimum absolute atomic E-state index is 0.0666. The smallest absolute Gasteiger partial charge is 0.311 e. The van der Waals surface area contributed by atoms with Crippen LogP contribution in [-0.2, 0) is 23.9 Å². The molecule has 0 saturated carbocycles. The van der Waals surface area contributed by atoms with Gasteiger partial charge in [-0.1, -0.05) is 24.3 Å². The maximum absolute atomic E-state index is 14.1. The van der Waals surface area contributed by atoms with Gasteiger partial charge in [-0.3, -0.25) is 19.3 Å². The van der Waals surface area contributed by atoms with Gasteiger partial charge in [0.1, 0.15) is 6.04 Å². The standard InChI is InChI=1S/C26H37N3O6S/c30-15-6-10-29-22-24(32)28(12-11-27-13-17-34-18-14-27)9-5-8-26(22)21(23(29)31)20-19(36-26)7-3-1-2-4-16-35-25(20)33/h3,5,7-8,19-22,30H,1-2,4,6,9-18H2/b7-3-/t19-,20+,21-,22?,26-/m0/s1. The molecule has 0 aromatic rings. The minimum Gasteiger partial charge on any atom is -0.465 e. The Bertz CT molecular complexity index is 906. The van der Waals surface area contributed by atoms with E-state index in [2.05, 4.69) is 17.1 Å². The first-order valence-electron chi connectivity index (χ1n) is 13.3. The van der Waals surface area contributed by atoms with Crippen molar-refractivity contribution in [2.75, 3.05) is 65.7 Å². The number of aliphatic hydroxyl groups excluding tert-OH is 1. The summed E-state index contributed by atoms with van der Waals surface area (Å²) in [5.41, 5.74) is 0. The fraction of sp³-hybridized carbons (Fsp3) is 0.731. The third kappa shape index (κ3) is 4.73. The van der Waals surface area contributed by atoms with Crippen LogP contribution in [-0.4, -0.2) is 119 Å². The largest absolute Gasteiger partial charge is 0.465 e. The van der Waals surface area contributed by atoms with E-state index in [-0.39, 0.29) is 36.2 Å². The fourth-order valence-electron chi connectivity index (χ4n) is 6.23. The molecule has 1 N–H and O–H groups in total. The molecule has 1 spiro atoms. The van der Waals surface area contributed by atoms with Crippen molar-refractivity contribution in [2.45, 2.75) is 41.7 Å². The summed E-state index contributed by atoms with van der Waals surface area (Å²) in [5.74, 6) is -1.88. The molecule has 5 aliphatic heterocycles. The Morgan fingerprint density at radius 2 is 1.86 bits per heavy atom. The molecule has 0 aliphatic carbocycles. The number of amides is 2. The van der Waals surface area contributed by atoms with Gasteiger partial charge < -0.3 is 24.4 Å². The molecule has 3 saturated heterocycles. The number of cyclic esters (lactones) is 1. The molecule has 9 nitrogen and oxygen atoms in total. The van der Waals surface area contributed by atoms with Crippen molar-refractivity contribution in [3.63, 3.8) is 0 Å². The van der Waals surface area contributed by atoms with Crippen molar-refractivity contribution in [1.82, 2.24) is 14.7 Å². The van der Waals surface area contributed by atoms with E-state index < -0.39 is 22.6 Å². The first-order chi connectivity index (χ1) is 17.6. The van der Waals surface area contributed by atoms with Crippen LogP contribution in [0.5, 0.6) is 0 Å². The molecule has 36 heavy (non-hydrogen) atoms. The average Bonchev–Trinajstić information content (AvgIpc) is 3.27. The quantitative estimate of drug-likeness (QED) is 0.404. The summed E-state index contributed by atoms with van der Waals surface area (Å²) in [7, 11) is 0. The summed E-state index contributed by atoms with van der Waals surface area (Å²) in [6, 6.07) is -0.700. The van der Waals surface area contributed by atoms with Crippen LogP contribution in [0, 0.1) is 11.8 Å². The lowest BCUT2D eigenvalue weighted by Gasteiger charge is -2.36. The molecular weight excluding hydrogens is 482 g/mol. The number of aliphatic hydroxyl groups is 1. The molecule has 0 radical (unpaired) electrons. The van der Waals surface area contributed by atoms with Crippen LogP contribution in [0.3, 0.4) is 0 Å². The molecule has 10 heteroatoms. The number of thioether (sulfide) groups is 1. The fourth-order valence-corrected chi connectivity index (χ4v) is 8.23. The number of hydrogen-bond acceptors (Lipinski definition) is 8. The molecule has 3 fully saturated rings. The Morgan fingerprint density at radius 1 is 1.03 bits per heavy atom. The van der Waals surface area contributed by atoms with E-state index in [1.807, 2.05) is 17.1 Å². The number of rotatable bonds is 6. The predicted octanol–water partition coefficient (Wildman–Crippen LogP) is 0.680. The number of ether oxygens (including phenoxy) is 2. The van der Waals surface area contributed by atoms with Crippen molar-refractivity contribution >= 4 is 29.5 Å². The maximum atomic E-state index is 14.1. The van der Waals surface area contributed by atoms with Crippen LogP contribution < -0.4 is 0 Å². The number of carbonyl (C=O) groups is 3. The van der Waals surface area contributed by atoms with Gasteiger partial charge in [-0.25, -0.2) is 0 Å². The molecule has 2 amide bonds. The number of esters is 1. The molecule has 5 rings (SSSR count). The summed E-state index contributed by atoms with van der Waals surface area (Å²) >= 11 is 1.57. The highest BCUT2D eigenvalue weighted by molar-refractivity contribution is 8.02. The molecule has 0 aromatic heterocycles. The van der Waals surface area contributed by atoms with Gasteiger partial charge in [-0.15, -0.1) is 11.8 Å². The number of likely N-dealkylation sites (tertiary alicyclic amines) is 1. The molecule has 5 heterocycles. The lowest BCUT2D eigenvalue weighted by atomic mass is 9.78. The van der Waals surface area contributed by atoms with E-state index in [4.69, 9.17) is 9.47 Å². The van der Waals surface area contributed by atoms with Gasteiger partial charge in [0.25, 0.3) is 0 Å². The van der Waals surface area contributed by atoms with Crippen molar-refractivity contribution in [3.8, 4) is 0 Å². The first-order valence-corrected chi connectivity index (χ1v) is 14.1. The van der Waals surface area contributed by atoms with Crippen LogP contribution in [0.4, 0.5) is 0 Å². The Labute approximate surface area is 216 Å². The van der Waals surface area contributed by atoms with Gasteiger partial charge >= 0.3 is 5.97 Å². The predicted molar refractivity (Wildman–Crippen MR) is 135 cm³/mol. The number of nitrogens with zero attached hydrogens (tertiary/aromatic N) is 3. The average molecular weight is 520 g/mol. The lowest BCUT2D eigenvalue weighted by molar-refractivity contribution is -0.153. The lowest BCUT2D eigenvalue weighted by Crippen LogP contribution is -2.54. The van der Waals surface area contributed by atoms with Gasteiger partial charge in [0.2, 0.25) is 11.8 Å². The Balaban J connectivity index is 1.46. The Hall–Kier alpha value is -1.88. The zero-order valence-corrected chi connectivity index (χ0v) is 21.6. The summed E-state index contributed by atoms with van der Waals surface area (Å²) in [4.78, 5) is 47.1. The van der Waals surface area contributed by atoms with Crippen molar-refractivity contribution < 1.29 is 29.0 Å². The van der Waals surface area contributed by atoms with Crippen molar-refractivity contribution in [1.29, 1.82) is 0 Å². The highest BCUT2D eigenvalue weighted by Gasteiger charge is 2.70. The Kier molecular flexibility index (Phi) is 8.05. The monoisotopic (exact) mass is 519 g/mol. The summed E-state index contributed by atoms with van der Waals surface area (Å²) in [5, 5.41) is 9.30. The van der Waals surface area contributed by atoms with Crippen LogP contribution in [0.1, 0.15) is 25.7 Å². The van der Waals surface area contributed by atoms with Crippen LogP contribution >= 0.6 is 11.8 Å². The van der Waals surface area contributed by atoms with E-state index in [0.717, 1.165) is 38.9 Å². The van der Waals surface area contributed by atoms with E-state index in [0.29, 0.717) is 39.3 Å². The minimum atomic E-state index is -0.829. The van der Waals surface area contributed by atoms with Crippen LogP contribution in [0.25, 0.3) is 0 Å². The molecule has 0 aromatic carbocycles. The number of fused-ring (bicyclic) bond motifs is 2. The highest BCUT2D eigenvalue weighted by Crippen LogP contribution is 2.60. The normalized spacial score (nSPS) is 36.2. The van der Waals surface area contributed by atoms with Gasteiger partial charge in [-0.2, -0.15) is 0 Å². The number of allylic oxidation sites excluding steroid dienone is 1. The highest BCUT2D eigenvalue weighted by atomic mass is 32.2. The van der Waals surface area contributed by atoms with Crippen molar-refractivity contribution in [2.24, 2.45) is 11.8 Å². The first kappa shape index (κ1) is 25.8. The molecular formula is C26H37N3O6S. The summed E-state index contributed by atoms with van der Waals surface area (Å²) in [6.45, 7) is 5.49. The van der Waals surface area contributed by atoms with E-state index >= 15 is 0 Å². The SMILES string of the molecule is O=C1OCCCC/C=C\[C@@H]2S[C@]34C=CCN(CCN5CCOCC5)C(=O)C3N(CCCO)C(=O)[C@@H]4[C@H]12. The summed E-state index contributed by atoms with van der Waals surface area (Å²) in [6.07, 6.45) is 11.2. The van der Waals surface area contributed by atoms with E-state index in [9.17, 15) is 19.5 Å². The maximum Gasteiger partial charge on any atom is 0.311 e. The Morgan fingerprint density at radius 3 is 2.67 bits per heavy atom. The second-order valence-corrected chi connectivity index (χ2v) is 11.7. The van der Waals surface area contributed by atoms with E-state index in [1.165, 1.54) is 0 Å². The van der Waals surface area contributed by atoms with Gasteiger partial charge in [0, 0.05) is 51.1 Å². The number of carbonyl (C=O) groups excluding carboxylic acids is 3. The van der Waals surface area contributed by atoms with E-state index in [1.54, 1.807) is 16.7 Å². The van der Waals surface area contributed by atoms with Crippen molar-refractivity contribution in [3.05, 3.63) is 24.3 Å². The second-order valence-electron chi connectivity index (χ2n) is 10.2. The third-order valence-electron chi connectivity index (χ3n) is 8.03. The van der Waals surface area contributed by atoms with Crippen LogP contribution in [0.2, 0.25) is 0 Å².